The third-order valence-corrected chi connectivity index (χ3v) is 4.26. The van der Waals surface area contributed by atoms with Crippen LogP contribution in [0.5, 0.6) is 0 Å². The highest BCUT2D eigenvalue weighted by Gasteiger charge is 2.14. The Morgan fingerprint density at radius 2 is 2.00 bits per heavy atom. The molecule has 0 fully saturated rings. The van der Waals surface area contributed by atoms with Crippen molar-refractivity contribution in [1.29, 1.82) is 0 Å². The molecule has 0 saturated heterocycles. The molecule has 6 heteroatoms. The van der Waals surface area contributed by atoms with E-state index in [1.807, 2.05) is 39.0 Å². The number of anilines is 1. The molecule has 130 valence electrons. The smallest absolute Gasteiger partial charge is 0.227 e. The first-order valence-electron chi connectivity index (χ1n) is 8.00. The van der Waals surface area contributed by atoms with Crippen molar-refractivity contribution in [2.24, 2.45) is 5.92 Å². The zero-order valence-electron chi connectivity index (χ0n) is 14.2. The summed E-state index contributed by atoms with van der Waals surface area (Å²) in [6, 6.07) is 8.99. The molecule has 1 N–H and O–H groups in total. The van der Waals surface area contributed by atoms with Crippen LogP contribution >= 0.6 is 23.2 Å². The number of carbonyl (C=O) groups is 1. The van der Waals surface area contributed by atoms with Crippen LogP contribution in [0.1, 0.15) is 25.8 Å². The standard InChI is InChI=1S/C19H18Cl2N2O2/c1-10(2)6-17(24)22-15-7-12(5-4-11(15)3)19-23-16-9-13(20)8-14(21)18(16)25-19/h4-5,7-10H,6H2,1-3H3,(H,22,24). The average Bonchev–Trinajstić information content (AvgIpc) is 2.92. The third kappa shape index (κ3) is 3.97. The molecule has 0 atom stereocenters. The van der Waals surface area contributed by atoms with Gasteiger partial charge in [-0.2, -0.15) is 0 Å². The fourth-order valence-electron chi connectivity index (χ4n) is 2.54. The van der Waals surface area contributed by atoms with Crippen molar-refractivity contribution in [3.05, 3.63) is 45.9 Å². The van der Waals surface area contributed by atoms with Crippen molar-refractivity contribution in [2.45, 2.75) is 27.2 Å². The van der Waals surface area contributed by atoms with E-state index in [4.69, 9.17) is 27.6 Å². The van der Waals surface area contributed by atoms with Crippen LogP contribution in [0.25, 0.3) is 22.6 Å². The van der Waals surface area contributed by atoms with E-state index in [0.29, 0.717) is 39.4 Å². The van der Waals surface area contributed by atoms with Gasteiger partial charge in [-0.05, 0) is 42.7 Å². The summed E-state index contributed by atoms with van der Waals surface area (Å²) < 4.78 is 5.79. The van der Waals surface area contributed by atoms with E-state index >= 15 is 0 Å². The minimum atomic E-state index is -0.0114. The molecule has 0 spiro atoms. The quantitative estimate of drug-likeness (QED) is 0.598. The normalized spacial score (nSPS) is 11.3. The van der Waals surface area contributed by atoms with Crippen LogP contribution in [0, 0.1) is 12.8 Å². The van der Waals surface area contributed by atoms with Gasteiger partial charge in [0.1, 0.15) is 5.52 Å². The summed E-state index contributed by atoms with van der Waals surface area (Å²) in [7, 11) is 0. The molecule has 0 aliphatic rings. The van der Waals surface area contributed by atoms with E-state index < -0.39 is 0 Å². The largest absolute Gasteiger partial charge is 0.435 e. The summed E-state index contributed by atoms with van der Waals surface area (Å²) in [6.07, 6.45) is 0.473. The molecule has 0 unspecified atom stereocenters. The van der Waals surface area contributed by atoms with Crippen LogP contribution in [0.4, 0.5) is 5.69 Å². The third-order valence-electron chi connectivity index (χ3n) is 3.76. The number of aromatic nitrogens is 1. The Morgan fingerprint density at radius 1 is 1.24 bits per heavy atom. The van der Waals surface area contributed by atoms with Crippen molar-refractivity contribution >= 4 is 45.9 Å². The molecule has 0 aliphatic heterocycles. The molecule has 0 saturated carbocycles. The number of hydrogen-bond donors (Lipinski definition) is 1. The first kappa shape index (κ1) is 17.8. The van der Waals surface area contributed by atoms with Gasteiger partial charge < -0.3 is 9.73 Å². The summed E-state index contributed by atoms with van der Waals surface area (Å²) >= 11 is 12.2. The van der Waals surface area contributed by atoms with Gasteiger partial charge in [0.05, 0.1) is 5.02 Å². The lowest BCUT2D eigenvalue weighted by Crippen LogP contribution is -2.14. The van der Waals surface area contributed by atoms with Gasteiger partial charge in [-0.25, -0.2) is 4.98 Å². The van der Waals surface area contributed by atoms with Crippen LogP contribution < -0.4 is 5.32 Å². The highest BCUT2D eigenvalue weighted by atomic mass is 35.5. The van der Waals surface area contributed by atoms with Gasteiger partial charge in [-0.3, -0.25) is 4.79 Å². The maximum Gasteiger partial charge on any atom is 0.227 e. The number of nitrogens with zero attached hydrogens (tertiary/aromatic N) is 1. The Balaban J connectivity index is 1.97. The molecule has 1 amide bonds. The van der Waals surface area contributed by atoms with Crippen molar-refractivity contribution in [3.8, 4) is 11.5 Å². The van der Waals surface area contributed by atoms with E-state index in [1.165, 1.54) is 0 Å². The molecule has 3 rings (SSSR count). The van der Waals surface area contributed by atoms with Gasteiger partial charge in [0.25, 0.3) is 0 Å². The van der Waals surface area contributed by atoms with Crippen LogP contribution in [0.2, 0.25) is 10.0 Å². The number of aryl methyl sites for hydroxylation is 1. The summed E-state index contributed by atoms with van der Waals surface area (Å²) in [5.41, 5.74) is 3.56. The van der Waals surface area contributed by atoms with Gasteiger partial charge in [-0.15, -0.1) is 0 Å². The van der Waals surface area contributed by atoms with Crippen LogP contribution in [-0.2, 0) is 4.79 Å². The Labute approximate surface area is 156 Å². The van der Waals surface area contributed by atoms with Crippen molar-refractivity contribution in [2.75, 3.05) is 5.32 Å². The van der Waals surface area contributed by atoms with Crippen LogP contribution in [0.3, 0.4) is 0 Å². The SMILES string of the molecule is Cc1ccc(-c2nc3cc(Cl)cc(Cl)c3o2)cc1NC(=O)CC(C)C. The molecule has 3 aromatic rings. The van der Waals surface area contributed by atoms with E-state index in [2.05, 4.69) is 10.3 Å². The minimum absolute atomic E-state index is 0.0114. The van der Waals surface area contributed by atoms with Crippen molar-refractivity contribution in [3.63, 3.8) is 0 Å². The second-order valence-corrected chi connectivity index (χ2v) is 7.27. The summed E-state index contributed by atoms with van der Waals surface area (Å²) in [6.45, 7) is 5.96. The Bertz CT molecular complexity index is 948. The molecule has 0 aliphatic carbocycles. The predicted octanol–water partition coefficient (Wildman–Crippen LogP) is 6.09. The van der Waals surface area contributed by atoms with Crippen LogP contribution in [0.15, 0.2) is 34.7 Å². The molecular formula is C19H18Cl2N2O2. The topological polar surface area (TPSA) is 55.1 Å². The molecule has 1 heterocycles. The van der Waals surface area contributed by atoms with E-state index in [0.717, 1.165) is 16.8 Å². The monoisotopic (exact) mass is 376 g/mol. The summed E-state index contributed by atoms with van der Waals surface area (Å²) in [5, 5.41) is 3.87. The number of oxazole rings is 1. The zero-order valence-corrected chi connectivity index (χ0v) is 15.7. The number of halogens is 2. The van der Waals surface area contributed by atoms with Crippen LogP contribution in [-0.4, -0.2) is 10.9 Å². The molecule has 1 aromatic heterocycles. The van der Waals surface area contributed by atoms with Gasteiger partial charge in [0, 0.05) is 22.7 Å². The second kappa shape index (κ2) is 7.06. The average molecular weight is 377 g/mol. The molecule has 25 heavy (non-hydrogen) atoms. The molecule has 0 radical (unpaired) electrons. The summed E-state index contributed by atoms with van der Waals surface area (Å²) in [5.74, 6) is 0.716. The predicted molar refractivity (Wildman–Crippen MR) is 102 cm³/mol. The maximum atomic E-state index is 12.1. The van der Waals surface area contributed by atoms with Crippen molar-refractivity contribution in [1.82, 2.24) is 4.98 Å². The number of nitrogens with one attached hydrogen (secondary N) is 1. The lowest BCUT2D eigenvalue weighted by Gasteiger charge is -2.10. The first-order chi connectivity index (χ1) is 11.8. The highest BCUT2D eigenvalue weighted by Crippen LogP contribution is 2.33. The van der Waals surface area contributed by atoms with E-state index in [9.17, 15) is 4.79 Å². The fraction of sp³-hybridized carbons (Fsp3) is 0.263. The van der Waals surface area contributed by atoms with E-state index in [-0.39, 0.29) is 5.91 Å². The van der Waals surface area contributed by atoms with Gasteiger partial charge >= 0.3 is 0 Å². The highest BCUT2D eigenvalue weighted by molar-refractivity contribution is 6.38. The maximum absolute atomic E-state index is 12.1. The number of amides is 1. The Morgan fingerprint density at radius 3 is 2.72 bits per heavy atom. The molecule has 4 nitrogen and oxygen atoms in total. The zero-order chi connectivity index (χ0) is 18.1. The number of fused-ring (bicyclic) bond motifs is 1. The number of rotatable bonds is 4. The lowest BCUT2D eigenvalue weighted by molar-refractivity contribution is -0.116. The lowest BCUT2D eigenvalue weighted by atomic mass is 10.1. The number of benzene rings is 2. The molecular weight excluding hydrogens is 359 g/mol. The van der Waals surface area contributed by atoms with Gasteiger partial charge in [-0.1, -0.05) is 43.1 Å². The first-order valence-corrected chi connectivity index (χ1v) is 8.75. The molecule has 2 aromatic carbocycles. The Hall–Kier alpha value is -2.04. The van der Waals surface area contributed by atoms with Gasteiger partial charge in [0.15, 0.2) is 5.58 Å². The minimum Gasteiger partial charge on any atom is -0.435 e. The van der Waals surface area contributed by atoms with Crippen molar-refractivity contribution < 1.29 is 9.21 Å². The Kier molecular flexibility index (Phi) is 5.02. The summed E-state index contributed by atoms with van der Waals surface area (Å²) in [4.78, 5) is 16.5. The number of carbonyl (C=O) groups excluding carboxylic acids is 1. The van der Waals surface area contributed by atoms with E-state index in [1.54, 1.807) is 12.1 Å². The fourth-order valence-corrected chi connectivity index (χ4v) is 3.07. The van der Waals surface area contributed by atoms with Gasteiger partial charge in [0.2, 0.25) is 11.8 Å². The number of hydrogen-bond acceptors (Lipinski definition) is 3. The second-order valence-electron chi connectivity index (χ2n) is 6.43. The molecule has 0 bridgehead atoms.